The zero-order chi connectivity index (χ0) is 21.3. The van der Waals surface area contributed by atoms with Gasteiger partial charge in [-0.2, -0.15) is 0 Å². The Morgan fingerprint density at radius 3 is 2.34 bits per heavy atom. The average molecular weight is 421 g/mol. The van der Waals surface area contributed by atoms with Gasteiger partial charge >= 0.3 is 5.91 Å². The molecular formula is C19H17F2N3O4S. The molecule has 3 aromatic rings. The van der Waals surface area contributed by atoms with Crippen molar-refractivity contribution in [1.29, 1.82) is 0 Å². The highest BCUT2D eigenvalue weighted by atomic mass is 32.2. The Labute approximate surface area is 166 Å². The lowest BCUT2D eigenvalue weighted by atomic mass is 10.1. The summed E-state index contributed by atoms with van der Waals surface area (Å²) in [5.41, 5.74) is -0.205. The number of ether oxygens (including phenoxy) is 1. The zero-order valence-electron chi connectivity index (χ0n) is 15.7. The van der Waals surface area contributed by atoms with Crippen LogP contribution in [-0.4, -0.2) is 31.0 Å². The van der Waals surface area contributed by atoms with Gasteiger partial charge in [0.15, 0.2) is 0 Å². The number of nitrogens with one attached hydrogen (secondary N) is 1. The smallest absolute Gasteiger partial charge is 0.301 e. The summed E-state index contributed by atoms with van der Waals surface area (Å²) in [4.78, 5) is 16.4. The van der Waals surface area contributed by atoms with Crippen molar-refractivity contribution in [3.63, 3.8) is 0 Å². The normalized spacial score (nSPS) is 11.3. The van der Waals surface area contributed by atoms with E-state index in [0.717, 1.165) is 12.1 Å². The molecule has 0 unspecified atom stereocenters. The molecule has 152 valence electrons. The lowest BCUT2D eigenvalue weighted by Crippen LogP contribution is -2.32. The highest BCUT2D eigenvalue weighted by Crippen LogP contribution is 2.29. The maximum Gasteiger partial charge on any atom is 0.301 e. The second-order valence-corrected chi connectivity index (χ2v) is 7.76. The monoisotopic (exact) mass is 421 g/mol. The molecule has 0 bridgehead atoms. The Kier molecular flexibility index (Phi) is 5.38. The number of para-hydroxylation sites is 1. The van der Waals surface area contributed by atoms with Gasteiger partial charge in [-0.25, -0.2) is 26.9 Å². The van der Waals surface area contributed by atoms with E-state index in [1.54, 1.807) is 6.07 Å². The third-order valence-corrected chi connectivity index (χ3v) is 5.74. The first-order valence-electron chi connectivity index (χ1n) is 8.35. The molecule has 0 radical (unpaired) electrons. The number of imidazole rings is 1. The van der Waals surface area contributed by atoms with Gasteiger partial charge in [0, 0.05) is 12.7 Å². The third kappa shape index (κ3) is 3.70. The van der Waals surface area contributed by atoms with E-state index in [2.05, 4.69) is 4.98 Å². The van der Waals surface area contributed by atoms with E-state index in [4.69, 9.17) is 4.74 Å². The van der Waals surface area contributed by atoms with E-state index >= 15 is 0 Å². The van der Waals surface area contributed by atoms with Gasteiger partial charge in [0.2, 0.25) is 5.82 Å². The van der Waals surface area contributed by atoms with Gasteiger partial charge in [-0.3, -0.25) is 4.79 Å². The number of sulfonamides is 1. The summed E-state index contributed by atoms with van der Waals surface area (Å²) in [6.45, 7) is 1.51. The van der Waals surface area contributed by atoms with Crippen LogP contribution in [0.25, 0.3) is 11.3 Å². The predicted octanol–water partition coefficient (Wildman–Crippen LogP) is 2.80. The lowest BCUT2D eigenvalue weighted by Gasteiger charge is -2.10. The van der Waals surface area contributed by atoms with Crippen LogP contribution in [0.5, 0.6) is 5.75 Å². The van der Waals surface area contributed by atoms with Gasteiger partial charge in [-0.05, 0) is 31.2 Å². The van der Waals surface area contributed by atoms with Crippen molar-refractivity contribution >= 4 is 15.9 Å². The highest BCUT2D eigenvalue weighted by Gasteiger charge is 2.27. The van der Waals surface area contributed by atoms with Gasteiger partial charge < -0.3 is 9.30 Å². The van der Waals surface area contributed by atoms with Crippen molar-refractivity contribution in [2.45, 2.75) is 11.8 Å². The zero-order valence-corrected chi connectivity index (χ0v) is 16.5. The van der Waals surface area contributed by atoms with Crippen LogP contribution in [0.2, 0.25) is 0 Å². The van der Waals surface area contributed by atoms with Gasteiger partial charge in [0.1, 0.15) is 22.3 Å². The molecule has 1 heterocycles. The standard InChI is InChI=1S/C19H17F2N3O4S/c1-11-17(16-12(20)7-6-8-13(16)21)22-18(24(11)2)19(25)23-29(26,27)15-10-5-4-9-14(15)28-3/h4-10H,1-3H3,(H,23,25). The Morgan fingerprint density at radius 1 is 1.10 bits per heavy atom. The molecule has 1 N–H and O–H groups in total. The summed E-state index contributed by atoms with van der Waals surface area (Å²) < 4.78 is 61.7. The third-order valence-electron chi connectivity index (χ3n) is 4.37. The van der Waals surface area contributed by atoms with E-state index in [1.165, 1.54) is 49.9 Å². The lowest BCUT2D eigenvalue weighted by molar-refractivity contribution is 0.0968. The molecular weight excluding hydrogens is 404 g/mol. The maximum absolute atomic E-state index is 14.1. The van der Waals surface area contributed by atoms with Crippen molar-refractivity contribution in [2.75, 3.05) is 7.11 Å². The average Bonchev–Trinajstić information content (AvgIpc) is 2.96. The van der Waals surface area contributed by atoms with Crippen LogP contribution in [0.3, 0.4) is 0 Å². The summed E-state index contributed by atoms with van der Waals surface area (Å²) in [5, 5.41) is 0. The minimum atomic E-state index is -4.28. The number of nitrogens with zero attached hydrogens (tertiary/aromatic N) is 2. The van der Waals surface area contributed by atoms with Crippen LogP contribution in [-0.2, 0) is 17.1 Å². The van der Waals surface area contributed by atoms with E-state index in [0.29, 0.717) is 0 Å². The molecule has 10 heteroatoms. The van der Waals surface area contributed by atoms with Crippen LogP contribution in [0.15, 0.2) is 47.4 Å². The largest absolute Gasteiger partial charge is 0.495 e. The minimum Gasteiger partial charge on any atom is -0.495 e. The maximum atomic E-state index is 14.1. The Morgan fingerprint density at radius 2 is 1.72 bits per heavy atom. The molecule has 0 fully saturated rings. The molecule has 29 heavy (non-hydrogen) atoms. The fourth-order valence-electron chi connectivity index (χ4n) is 2.81. The molecule has 0 atom stereocenters. The summed E-state index contributed by atoms with van der Waals surface area (Å²) in [7, 11) is -1.54. The molecule has 2 aromatic carbocycles. The summed E-state index contributed by atoms with van der Waals surface area (Å²) in [6, 6.07) is 9.11. The number of amides is 1. The summed E-state index contributed by atoms with van der Waals surface area (Å²) >= 11 is 0. The van der Waals surface area contributed by atoms with Crippen LogP contribution in [0.4, 0.5) is 8.78 Å². The molecule has 1 amide bonds. The number of carbonyl (C=O) groups is 1. The number of halogens is 2. The number of methoxy groups -OCH3 is 1. The molecule has 0 aliphatic carbocycles. The number of benzene rings is 2. The fraction of sp³-hybridized carbons (Fsp3) is 0.158. The fourth-order valence-corrected chi connectivity index (χ4v) is 3.93. The van der Waals surface area contributed by atoms with Crippen molar-refractivity contribution in [2.24, 2.45) is 7.05 Å². The van der Waals surface area contributed by atoms with E-state index < -0.39 is 33.1 Å². The van der Waals surface area contributed by atoms with Crippen molar-refractivity contribution in [3.8, 4) is 17.0 Å². The highest BCUT2D eigenvalue weighted by molar-refractivity contribution is 7.90. The Balaban J connectivity index is 2.01. The summed E-state index contributed by atoms with van der Waals surface area (Å²) in [5.74, 6) is -3.01. The summed E-state index contributed by atoms with van der Waals surface area (Å²) in [6.07, 6.45) is 0. The van der Waals surface area contributed by atoms with E-state index in [-0.39, 0.29) is 27.9 Å². The van der Waals surface area contributed by atoms with Gasteiger partial charge in [0.05, 0.1) is 18.4 Å². The van der Waals surface area contributed by atoms with Gasteiger partial charge in [0.25, 0.3) is 10.0 Å². The number of hydrogen-bond acceptors (Lipinski definition) is 5. The topological polar surface area (TPSA) is 90.3 Å². The molecule has 0 aliphatic rings. The molecule has 0 aliphatic heterocycles. The van der Waals surface area contributed by atoms with Crippen molar-refractivity contribution < 1.29 is 26.7 Å². The number of aromatic nitrogens is 2. The Bertz CT molecular complexity index is 1190. The number of hydrogen-bond donors (Lipinski definition) is 1. The van der Waals surface area contributed by atoms with Crippen LogP contribution < -0.4 is 9.46 Å². The van der Waals surface area contributed by atoms with E-state index in [1.807, 2.05) is 4.72 Å². The van der Waals surface area contributed by atoms with Gasteiger partial charge in [-0.15, -0.1) is 0 Å². The quantitative estimate of drug-likeness (QED) is 0.684. The van der Waals surface area contributed by atoms with Gasteiger partial charge in [-0.1, -0.05) is 18.2 Å². The molecule has 1 aromatic heterocycles. The molecule has 0 saturated heterocycles. The molecule has 3 rings (SSSR count). The van der Waals surface area contributed by atoms with Crippen LogP contribution in [0, 0.1) is 18.6 Å². The molecule has 7 nitrogen and oxygen atoms in total. The van der Waals surface area contributed by atoms with Crippen molar-refractivity contribution in [1.82, 2.24) is 14.3 Å². The van der Waals surface area contributed by atoms with E-state index in [9.17, 15) is 22.0 Å². The Hall–Kier alpha value is -3.27. The molecule has 0 spiro atoms. The van der Waals surface area contributed by atoms with Crippen LogP contribution in [0.1, 0.15) is 16.3 Å². The first-order chi connectivity index (χ1) is 13.7. The molecule has 0 saturated carbocycles. The minimum absolute atomic E-state index is 0.0536. The second-order valence-electron chi connectivity index (χ2n) is 6.11. The first-order valence-corrected chi connectivity index (χ1v) is 9.83. The van der Waals surface area contributed by atoms with Crippen molar-refractivity contribution in [3.05, 3.63) is 65.6 Å². The van der Waals surface area contributed by atoms with Crippen LogP contribution >= 0.6 is 0 Å². The SMILES string of the molecule is COc1ccccc1S(=O)(=O)NC(=O)c1nc(-c2c(F)cccc2F)c(C)n1C. The first kappa shape index (κ1) is 20.5. The predicted molar refractivity (Wildman–Crippen MR) is 101 cm³/mol. The second kappa shape index (κ2) is 7.63. The number of rotatable bonds is 5. The number of carbonyl (C=O) groups excluding carboxylic acids is 1.